The van der Waals surface area contributed by atoms with Gasteiger partial charge in [-0.2, -0.15) is 0 Å². The third-order valence-corrected chi connectivity index (χ3v) is 2.89. The summed E-state index contributed by atoms with van der Waals surface area (Å²) in [6, 6.07) is 5.93. The van der Waals surface area contributed by atoms with Gasteiger partial charge in [-0.3, -0.25) is 4.79 Å². The van der Waals surface area contributed by atoms with Gasteiger partial charge in [0.2, 0.25) is 0 Å². The number of rotatable bonds is 5. The Morgan fingerprint density at radius 2 is 1.95 bits per heavy atom. The molecule has 116 valence electrons. The second kappa shape index (κ2) is 6.80. The predicted octanol–water partition coefficient (Wildman–Crippen LogP) is 1.93. The molecule has 5 heteroatoms. The first-order valence-corrected chi connectivity index (χ1v) is 7.25. The molecular weight excluding hydrogens is 270 g/mol. The van der Waals surface area contributed by atoms with Crippen molar-refractivity contribution < 1.29 is 19.0 Å². The zero-order chi connectivity index (χ0) is 15.3. The van der Waals surface area contributed by atoms with Crippen LogP contribution in [0.3, 0.4) is 0 Å². The quantitative estimate of drug-likeness (QED) is 0.664. The maximum absolute atomic E-state index is 11.5. The fraction of sp³-hybridized carbons (Fsp3) is 0.562. The molecule has 1 N–H and O–H groups in total. The van der Waals surface area contributed by atoms with Crippen LogP contribution in [-0.2, 0) is 16.0 Å². The molecule has 1 aliphatic heterocycles. The maximum Gasteiger partial charge on any atom is 0.320 e. The van der Waals surface area contributed by atoms with Crippen molar-refractivity contribution in [2.45, 2.75) is 32.8 Å². The predicted molar refractivity (Wildman–Crippen MR) is 79.9 cm³/mol. The van der Waals surface area contributed by atoms with Gasteiger partial charge in [-0.05, 0) is 51.4 Å². The molecule has 0 fully saturated rings. The van der Waals surface area contributed by atoms with E-state index >= 15 is 0 Å². The molecule has 1 aromatic rings. The number of nitrogens with one attached hydrogen (secondary N) is 1. The highest BCUT2D eigenvalue weighted by molar-refractivity contribution is 5.72. The SMILES string of the molecule is CC(C)(C)OC(=O)CNCCc1ccc2c(c1)OCCO2. The molecule has 0 amide bonds. The van der Waals surface area contributed by atoms with Gasteiger partial charge in [0, 0.05) is 0 Å². The highest BCUT2D eigenvalue weighted by Gasteiger charge is 2.15. The van der Waals surface area contributed by atoms with Crippen LogP contribution < -0.4 is 14.8 Å². The zero-order valence-corrected chi connectivity index (χ0v) is 12.9. The molecule has 0 spiro atoms. The van der Waals surface area contributed by atoms with Gasteiger partial charge in [0.25, 0.3) is 0 Å². The Morgan fingerprint density at radius 3 is 2.67 bits per heavy atom. The molecule has 0 radical (unpaired) electrons. The third kappa shape index (κ3) is 5.27. The van der Waals surface area contributed by atoms with Gasteiger partial charge < -0.3 is 19.5 Å². The normalized spacial score (nSPS) is 13.9. The van der Waals surface area contributed by atoms with Crippen molar-refractivity contribution in [3.05, 3.63) is 23.8 Å². The minimum Gasteiger partial charge on any atom is -0.486 e. The van der Waals surface area contributed by atoms with Gasteiger partial charge in [-0.15, -0.1) is 0 Å². The molecule has 21 heavy (non-hydrogen) atoms. The van der Waals surface area contributed by atoms with Crippen LogP contribution >= 0.6 is 0 Å². The van der Waals surface area contributed by atoms with Gasteiger partial charge >= 0.3 is 5.97 Å². The molecular formula is C16H23NO4. The Hall–Kier alpha value is -1.75. The number of benzene rings is 1. The van der Waals surface area contributed by atoms with Crippen molar-refractivity contribution in [1.29, 1.82) is 0 Å². The summed E-state index contributed by atoms with van der Waals surface area (Å²) in [5.74, 6) is 1.36. The Labute approximate surface area is 125 Å². The van der Waals surface area contributed by atoms with E-state index in [1.54, 1.807) is 0 Å². The van der Waals surface area contributed by atoms with E-state index in [0.717, 1.165) is 23.5 Å². The topological polar surface area (TPSA) is 56.8 Å². The second-order valence-corrected chi connectivity index (χ2v) is 5.99. The Balaban J connectivity index is 1.73. The summed E-state index contributed by atoms with van der Waals surface area (Å²) in [5, 5.41) is 3.09. The van der Waals surface area contributed by atoms with Crippen LogP contribution in [0.2, 0.25) is 0 Å². The molecule has 0 saturated heterocycles. The first-order valence-electron chi connectivity index (χ1n) is 7.25. The zero-order valence-electron chi connectivity index (χ0n) is 12.9. The van der Waals surface area contributed by atoms with Crippen LogP contribution in [0.4, 0.5) is 0 Å². The van der Waals surface area contributed by atoms with E-state index in [0.29, 0.717) is 19.8 Å². The summed E-state index contributed by atoms with van der Waals surface area (Å²) in [5.41, 5.74) is 0.713. The average Bonchev–Trinajstić information content (AvgIpc) is 2.41. The fourth-order valence-electron chi connectivity index (χ4n) is 2.04. The van der Waals surface area contributed by atoms with Crippen LogP contribution in [0.5, 0.6) is 11.5 Å². The summed E-state index contributed by atoms with van der Waals surface area (Å²) in [6.07, 6.45) is 0.819. The maximum atomic E-state index is 11.5. The smallest absolute Gasteiger partial charge is 0.320 e. The molecule has 0 aromatic heterocycles. The van der Waals surface area contributed by atoms with E-state index in [1.807, 2.05) is 39.0 Å². The van der Waals surface area contributed by atoms with E-state index < -0.39 is 5.60 Å². The summed E-state index contributed by atoms with van der Waals surface area (Å²) in [4.78, 5) is 11.5. The van der Waals surface area contributed by atoms with Crippen LogP contribution in [0.25, 0.3) is 0 Å². The Morgan fingerprint density at radius 1 is 1.24 bits per heavy atom. The molecule has 1 aliphatic rings. The number of carbonyl (C=O) groups is 1. The van der Waals surface area contributed by atoms with Crippen LogP contribution in [-0.4, -0.2) is 37.9 Å². The highest BCUT2D eigenvalue weighted by atomic mass is 16.6. The first kappa shape index (κ1) is 15.6. The number of ether oxygens (including phenoxy) is 3. The van der Waals surface area contributed by atoms with Gasteiger partial charge in [0.05, 0.1) is 6.54 Å². The summed E-state index contributed by atoms with van der Waals surface area (Å²) < 4.78 is 16.3. The molecule has 0 atom stereocenters. The molecule has 0 aliphatic carbocycles. The van der Waals surface area contributed by atoms with Crippen molar-refractivity contribution in [1.82, 2.24) is 5.32 Å². The van der Waals surface area contributed by atoms with Crippen molar-refractivity contribution in [2.24, 2.45) is 0 Å². The van der Waals surface area contributed by atoms with E-state index in [4.69, 9.17) is 14.2 Å². The molecule has 0 saturated carbocycles. The lowest BCUT2D eigenvalue weighted by atomic mass is 10.1. The van der Waals surface area contributed by atoms with Gasteiger partial charge in [0.1, 0.15) is 18.8 Å². The average molecular weight is 293 g/mol. The minimum atomic E-state index is -0.436. The molecule has 0 unspecified atom stereocenters. The lowest BCUT2D eigenvalue weighted by Gasteiger charge is -2.20. The molecule has 1 aromatic carbocycles. The lowest BCUT2D eigenvalue weighted by molar-refractivity contribution is -0.153. The van der Waals surface area contributed by atoms with Crippen LogP contribution in [0.15, 0.2) is 18.2 Å². The summed E-state index contributed by atoms with van der Waals surface area (Å²) in [6.45, 7) is 7.71. The first-order chi connectivity index (χ1) is 9.94. The number of fused-ring (bicyclic) bond motifs is 1. The Kier molecular flexibility index (Phi) is 5.07. The number of esters is 1. The standard InChI is InChI=1S/C16H23NO4/c1-16(2,3)21-15(18)11-17-7-6-12-4-5-13-14(10-12)20-9-8-19-13/h4-5,10,17H,6-9,11H2,1-3H3. The Bertz CT molecular complexity index is 494. The van der Waals surface area contributed by atoms with Crippen LogP contribution in [0, 0.1) is 0 Å². The number of carbonyl (C=O) groups excluding carboxylic acids is 1. The molecule has 2 rings (SSSR count). The van der Waals surface area contributed by atoms with Gasteiger partial charge in [-0.1, -0.05) is 6.07 Å². The molecule has 0 bridgehead atoms. The number of hydrogen-bond donors (Lipinski definition) is 1. The summed E-state index contributed by atoms with van der Waals surface area (Å²) in [7, 11) is 0. The van der Waals surface area contributed by atoms with Gasteiger partial charge in [0.15, 0.2) is 11.5 Å². The van der Waals surface area contributed by atoms with Crippen LogP contribution in [0.1, 0.15) is 26.3 Å². The van der Waals surface area contributed by atoms with Crippen molar-refractivity contribution in [3.63, 3.8) is 0 Å². The van der Waals surface area contributed by atoms with Gasteiger partial charge in [-0.25, -0.2) is 0 Å². The van der Waals surface area contributed by atoms with E-state index in [2.05, 4.69) is 5.32 Å². The van der Waals surface area contributed by atoms with Crippen molar-refractivity contribution in [3.8, 4) is 11.5 Å². The van der Waals surface area contributed by atoms with E-state index in [9.17, 15) is 4.79 Å². The second-order valence-electron chi connectivity index (χ2n) is 5.99. The monoisotopic (exact) mass is 293 g/mol. The molecule has 1 heterocycles. The van der Waals surface area contributed by atoms with E-state index in [1.165, 1.54) is 0 Å². The highest BCUT2D eigenvalue weighted by Crippen LogP contribution is 2.30. The number of hydrogen-bond acceptors (Lipinski definition) is 5. The largest absolute Gasteiger partial charge is 0.486 e. The van der Waals surface area contributed by atoms with E-state index in [-0.39, 0.29) is 12.5 Å². The van der Waals surface area contributed by atoms with Crippen molar-refractivity contribution in [2.75, 3.05) is 26.3 Å². The fourth-order valence-corrected chi connectivity index (χ4v) is 2.04. The molecule has 5 nitrogen and oxygen atoms in total. The third-order valence-electron chi connectivity index (χ3n) is 2.89. The minimum absolute atomic E-state index is 0.224. The van der Waals surface area contributed by atoms with Crippen molar-refractivity contribution >= 4 is 5.97 Å². The lowest BCUT2D eigenvalue weighted by Crippen LogP contribution is -2.32. The summed E-state index contributed by atoms with van der Waals surface area (Å²) >= 11 is 0.